The number of carbonyl (C=O) groups is 2. The molecule has 2 amide bonds. The maximum absolute atomic E-state index is 12.8. The fourth-order valence-corrected chi connectivity index (χ4v) is 3.38. The molecule has 25 heavy (non-hydrogen) atoms. The van der Waals surface area contributed by atoms with Crippen LogP contribution in [-0.2, 0) is 11.2 Å². The van der Waals surface area contributed by atoms with Crippen molar-refractivity contribution in [2.45, 2.75) is 12.5 Å². The van der Waals surface area contributed by atoms with E-state index in [-0.39, 0.29) is 11.8 Å². The quantitative estimate of drug-likeness (QED) is 0.862. The number of carbonyl (C=O) groups excluding carboxylic acids is 2. The molecule has 128 valence electrons. The Labute approximate surface area is 145 Å². The van der Waals surface area contributed by atoms with Crippen LogP contribution in [0.3, 0.4) is 0 Å². The first kappa shape index (κ1) is 15.6. The van der Waals surface area contributed by atoms with Gasteiger partial charge in [-0.2, -0.15) is 0 Å². The second kappa shape index (κ2) is 6.51. The lowest BCUT2D eigenvalue weighted by molar-refractivity contribution is -0.133. The van der Waals surface area contributed by atoms with Crippen molar-refractivity contribution in [3.05, 3.63) is 53.9 Å². The molecule has 2 aliphatic rings. The molecule has 0 bridgehead atoms. The van der Waals surface area contributed by atoms with Crippen LogP contribution in [0.1, 0.15) is 15.9 Å². The molecular formula is C18H19N5O2. The number of amides is 2. The average Bonchev–Trinajstić information content (AvgIpc) is 2.68. The van der Waals surface area contributed by atoms with Gasteiger partial charge in [-0.3, -0.25) is 9.59 Å². The maximum atomic E-state index is 12.8. The third-order valence-corrected chi connectivity index (χ3v) is 4.72. The molecule has 3 heterocycles. The van der Waals surface area contributed by atoms with Gasteiger partial charge in [0.05, 0.1) is 0 Å². The Morgan fingerprint density at radius 3 is 2.52 bits per heavy atom. The summed E-state index contributed by atoms with van der Waals surface area (Å²) in [5.41, 5.74) is 1.60. The lowest BCUT2D eigenvalue weighted by atomic mass is 9.94. The summed E-state index contributed by atoms with van der Waals surface area (Å²) in [6.45, 7) is 2.58. The van der Waals surface area contributed by atoms with E-state index in [0.29, 0.717) is 44.1 Å². The Hall–Kier alpha value is -2.96. The largest absolute Gasteiger partial charge is 0.340 e. The van der Waals surface area contributed by atoms with Crippen molar-refractivity contribution in [1.82, 2.24) is 20.2 Å². The van der Waals surface area contributed by atoms with E-state index in [0.717, 1.165) is 5.56 Å². The molecule has 7 nitrogen and oxygen atoms in total. The fourth-order valence-electron chi connectivity index (χ4n) is 3.38. The van der Waals surface area contributed by atoms with Crippen molar-refractivity contribution in [2.24, 2.45) is 0 Å². The van der Waals surface area contributed by atoms with Crippen molar-refractivity contribution in [3.8, 4) is 0 Å². The van der Waals surface area contributed by atoms with Crippen LogP contribution in [0.15, 0.2) is 42.7 Å². The number of piperazine rings is 1. The van der Waals surface area contributed by atoms with Crippen molar-refractivity contribution >= 4 is 17.8 Å². The van der Waals surface area contributed by atoms with Crippen LogP contribution in [0.5, 0.6) is 0 Å². The molecule has 1 N–H and O–H groups in total. The van der Waals surface area contributed by atoms with E-state index >= 15 is 0 Å². The molecule has 0 spiro atoms. The van der Waals surface area contributed by atoms with Gasteiger partial charge in [-0.25, -0.2) is 9.97 Å². The second-order valence-corrected chi connectivity index (χ2v) is 6.25. The third kappa shape index (κ3) is 3.05. The highest BCUT2D eigenvalue weighted by Gasteiger charge is 2.33. The lowest BCUT2D eigenvalue weighted by Crippen LogP contribution is -2.57. The topological polar surface area (TPSA) is 78.4 Å². The summed E-state index contributed by atoms with van der Waals surface area (Å²) in [4.78, 5) is 37.4. The van der Waals surface area contributed by atoms with E-state index in [2.05, 4.69) is 20.2 Å². The highest BCUT2D eigenvalue weighted by atomic mass is 16.2. The SMILES string of the molecule is O=C1NC(C(=O)N2CCN(c3ncccn3)CC2)Cc2ccccc21. The molecule has 0 aliphatic carbocycles. The van der Waals surface area contributed by atoms with E-state index in [1.807, 2.05) is 23.1 Å². The Morgan fingerprint density at radius 2 is 1.76 bits per heavy atom. The van der Waals surface area contributed by atoms with Crippen LogP contribution in [0, 0.1) is 0 Å². The van der Waals surface area contributed by atoms with Gasteiger partial charge in [0.2, 0.25) is 11.9 Å². The normalized spacial score (nSPS) is 20.0. The average molecular weight is 337 g/mol. The van der Waals surface area contributed by atoms with Crippen molar-refractivity contribution in [2.75, 3.05) is 31.1 Å². The summed E-state index contributed by atoms with van der Waals surface area (Å²) in [5.74, 6) is 0.502. The summed E-state index contributed by atoms with van der Waals surface area (Å²) in [5, 5.41) is 2.84. The molecule has 1 unspecified atom stereocenters. The van der Waals surface area contributed by atoms with Gasteiger partial charge in [-0.1, -0.05) is 18.2 Å². The summed E-state index contributed by atoms with van der Waals surface area (Å²) in [6.07, 6.45) is 3.98. The fraction of sp³-hybridized carbons (Fsp3) is 0.333. The van der Waals surface area contributed by atoms with Gasteiger partial charge in [-0.15, -0.1) is 0 Å². The predicted molar refractivity (Wildman–Crippen MR) is 92.2 cm³/mol. The number of aromatic nitrogens is 2. The first-order valence-electron chi connectivity index (χ1n) is 8.42. The van der Waals surface area contributed by atoms with Crippen LogP contribution >= 0.6 is 0 Å². The highest BCUT2D eigenvalue weighted by molar-refractivity contribution is 6.00. The minimum atomic E-state index is -0.484. The molecule has 1 saturated heterocycles. The van der Waals surface area contributed by atoms with Crippen LogP contribution in [0.2, 0.25) is 0 Å². The van der Waals surface area contributed by atoms with Crippen molar-refractivity contribution < 1.29 is 9.59 Å². The van der Waals surface area contributed by atoms with Crippen molar-refractivity contribution in [1.29, 1.82) is 0 Å². The zero-order valence-corrected chi connectivity index (χ0v) is 13.8. The summed E-state index contributed by atoms with van der Waals surface area (Å²) in [6, 6.07) is 8.75. The summed E-state index contributed by atoms with van der Waals surface area (Å²) < 4.78 is 0. The molecule has 0 saturated carbocycles. The first-order chi connectivity index (χ1) is 12.2. The summed E-state index contributed by atoms with van der Waals surface area (Å²) in [7, 11) is 0. The Morgan fingerprint density at radius 1 is 1.04 bits per heavy atom. The van der Waals surface area contributed by atoms with E-state index in [1.54, 1.807) is 24.5 Å². The molecule has 4 rings (SSSR count). The van der Waals surface area contributed by atoms with Gasteiger partial charge >= 0.3 is 0 Å². The van der Waals surface area contributed by atoms with Gasteiger partial charge < -0.3 is 15.1 Å². The van der Waals surface area contributed by atoms with Crippen LogP contribution in [-0.4, -0.2) is 58.9 Å². The Balaban J connectivity index is 1.41. The number of rotatable bonds is 2. The number of hydrogen-bond donors (Lipinski definition) is 1. The molecule has 1 aromatic heterocycles. The van der Waals surface area contributed by atoms with Crippen LogP contribution < -0.4 is 10.2 Å². The van der Waals surface area contributed by atoms with Gasteiger partial charge in [0.25, 0.3) is 5.91 Å². The van der Waals surface area contributed by atoms with Gasteiger partial charge in [0, 0.05) is 50.6 Å². The Kier molecular flexibility index (Phi) is 4.05. The van der Waals surface area contributed by atoms with Gasteiger partial charge in [-0.05, 0) is 17.7 Å². The minimum absolute atomic E-state index is 0.0171. The Bertz CT molecular complexity index is 787. The third-order valence-electron chi connectivity index (χ3n) is 4.72. The lowest BCUT2D eigenvalue weighted by Gasteiger charge is -2.37. The van der Waals surface area contributed by atoms with E-state index in [4.69, 9.17) is 0 Å². The molecule has 2 aliphatic heterocycles. The predicted octanol–water partition coefficient (Wildman–Crippen LogP) is 0.480. The molecule has 0 radical (unpaired) electrons. The van der Waals surface area contributed by atoms with Gasteiger partial charge in [0.1, 0.15) is 6.04 Å². The van der Waals surface area contributed by atoms with Crippen LogP contribution in [0.25, 0.3) is 0 Å². The number of benzene rings is 1. The van der Waals surface area contributed by atoms with E-state index in [9.17, 15) is 9.59 Å². The molecule has 1 fully saturated rings. The second-order valence-electron chi connectivity index (χ2n) is 6.25. The monoisotopic (exact) mass is 337 g/mol. The molecule has 1 atom stereocenters. The van der Waals surface area contributed by atoms with E-state index in [1.165, 1.54) is 0 Å². The smallest absolute Gasteiger partial charge is 0.252 e. The molecule has 1 aromatic carbocycles. The first-order valence-corrected chi connectivity index (χ1v) is 8.42. The minimum Gasteiger partial charge on any atom is -0.340 e. The number of nitrogens with one attached hydrogen (secondary N) is 1. The standard InChI is InChI=1S/C18H19N5O2/c24-16-14-5-2-1-4-13(14)12-15(21-16)17(25)22-8-10-23(11-9-22)18-19-6-3-7-20-18/h1-7,15H,8-12H2,(H,21,24). The van der Waals surface area contributed by atoms with E-state index < -0.39 is 6.04 Å². The zero-order valence-electron chi connectivity index (χ0n) is 13.8. The summed E-state index contributed by atoms with van der Waals surface area (Å²) >= 11 is 0. The highest BCUT2D eigenvalue weighted by Crippen LogP contribution is 2.18. The van der Waals surface area contributed by atoms with Crippen LogP contribution in [0.4, 0.5) is 5.95 Å². The number of nitrogens with zero attached hydrogens (tertiary/aromatic N) is 4. The number of hydrogen-bond acceptors (Lipinski definition) is 5. The number of anilines is 1. The molecule has 2 aromatic rings. The van der Waals surface area contributed by atoms with Crippen molar-refractivity contribution in [3.63, 3.8) is 0 Å². The number of fused-ring (bicyclic) bond motifs is 1. The zero-order chi connectivity index (χ0) is 17.2. The molecular weight excluding hydrogens is 318 g/mol. The molecule has 7 heteroatoms. The maximum Gasteiger partial charge on any atom is 0.252 e. The van der Waals surface area contributed by atoms with Gasteiger partial charge in [0.15, 0.2) is 0 Å².